The normalized spacial score (nSPS) is 15.3. The highest BCUT2D eigenvalue weighted by Gasteiger charge is 2.31. The molecule has 1 saturated heterocycles. The molecule has 1 N–H and O–H groups in total. The molecular formula is C14H17F3N2OS. The van der Waals surface area contributed by atoms with E-state index in [1.54, 1.807) is 6.26 Å². The fourth-order valence-corrected chi connectivity index (χ4v) is 2.70. The monoisotopic (exact) mass is 318 g/mol. The number of nitrogens with one attached hydrogen (secondary N) is 1. The van der Waals surface area contributed by atoms with Gasteiger partial charge in [-0.05, 0) is 37.3 Å². The van der Waals surface area contributed by atoms with Crippen molar-refractivity contribution in [2.75, 3.05) is 35.3 Å². The molecule has 1 aliphatic rings. The third-order valence-electron chi connectivity index (χ3n) is 3.32. The fourth-order valence-electron chi connectivity index (χ4n) is 2.36. The van der Waals surface area contributed by atoms with E-state index >= 15 is 0 Å². The maximum Gasteiger partial charge on any atom is 0.416 e. The second kappa shape index (κ2) is 6.60. The predicted molar refractivity (Wildman–Crippen MR) is 79.9 cm³/mol. The summed E-state index contributed by atoms with van der Waals surface area (Å²) in [6.45, 7) is 1.60. The number of anilines is 2. The Kier molecular flexibility index (Phi) is 5.03. The Morgan fingerprint density at radius 2 is 2.00 bits per heavy atom. The summed E-state index contributed by atoms with van der Waals surface area (Å²) >= 11 is 1.33. The van der Waals surface area contributed by atoms with E-state index in [0.717, 1.165) is 38.1 Å². The first-order valence-electron chi connectivity index (χ1n) is 6.67. The van der Waals surface area contributed by atoms with Crippen LogP contribution in [0.1, 0.15) is 18.4 Å². The fraction of sp³-hybridized carbons (Fsp3) is 0.500. The van der Waals surface area contributed by atoms with Gasteiger partial charge in [0.2, 0.25) is 5.91 Å². The van der Waals surface area contributed by atoms with E-state index in [-0.39, 0.29) is 17.3 Å². The third-order valence-corrected chi connectivity index (χ3v) is 3.87. The molecule has 0 aliphatic carbocycles. The number of halogens is 3. The van der Waals surface area contributed by atoms with Gasteiger partial charge in [0.05, 0.1) is 22.7 Å². The van der Waals surface area contributed by atoms with Crippen molar-refractivity contribution in [3.8, 4) is 0 Å². The molecule has 1 fully saturated rings. The van der Waals surface area contributed by atoms with Crippen LogP contribution in [0.3, 0.4) is 0 Å². The van der Waals surface area contributed by atoms with Crippen molar-refractivity contribution >= 4 is 29.0 Å². The average Bonchev–Trinajstić information content (AvgIpc) is 2.91. The molecule has 3 nitrogen and oxygen atoms in total. The van der Waals surface area contributed by atoms with Gasteiger partial charge in [0.25, 0.3) is 0 Å². The molecule has 0 atom stereocenters. The lowest BCUT2D eigenvalue weighted by Gasteiger charge is -2.22. The maximum atomic E-state index is 12.8. The van der Waals surface area contributed by atoms with Gasteiger partial charge in [0.1, 0.15) is 0 Å². The van der Waals surface area contributed by atoms with Gasteiger partial charge in [-0.15, -0.1) is 0 Å². The summed E-state index contributed by atoms with van der Waals surface area (Å²) in [7, 11) is 0. The van der Waals surface area contributed by atoms with E-state index in [0.29, 0.717) is 5.69 Å². The summed E-state index contributed by atoms with van der Waals surface area (Å²) in [6.07, 6.45) is -0.617. The number of hydrogen-bond acceptors (Lipinski definition) is 3. The molecule has 2 rings (SSSR count). The number of nitrogens with zero attached hydrogens (tertiary/aromatic N) is 1. The van der Waals surface area contributed by atoms with Gasteiger partial charge < -0.3 is 10.2 Å². The van der Waals surface area contributed by atoms with Gasteiger partial charge in [0, 0.05) is 13.1 Å². The zero-order valence-corrected chi connectivity index (χ0v) is 12.5. The molecule has 116 valence electrons. The van der Waals surface area contributed by atoms with Crippen molar-refractivity contribution in [3.63, 3.8) is 0 Å². The Bertz CT molecular complexity index is 513. The van der Waals surface area contributed by atoms with Crippen molar-refractivity contribution in [3.05, 3.63) is 23.8 Å². The van der Waals surface area contributed by atoms with Gasteiger partial charge in [-0.2, -0.15) is 24.9 Å². The van der Waals surface area contributed by atoms with Crippen LogP contribution < -0.4 is 10.2 Å². The van der Waals surface area contributed by atoms with Gasteiger partial charge in [-0.1, -0.05) is 0 Å². The summed E-state index contributed by atoms with van der Waals surface area (Å²) in [6, 6.07) is 3.53. The molecule has 1 aliphatic heterocycles. The number of hydrogen-bond donors (Lipinski definition) is 1. The van der Waals surface area contributed by atoms with Crippen LogP contribution in [-0.2, 0) is 11.0 Å². The van der Waals surface area contributed by atoms with Crippen LogP contribution in [0, 0.1) is 0 Å². The molecule has 21 heavy (non-hydrogen) atoms. The molecule has 7 heteroatoms. The lowest BCUT2D eigenvalue weighted by Crippen LogP contribution is -2.22. The lowest BCUT2D eigenvalue weighted by atomic mass is 10.1. The van der Waals surface area contributed by atoms with E-state index in [1.807, 2.05) is 4.90 Å². The third kappa shape index (κ3) is 4.06. The van der Waals surface area contributed by atoms with E-state index in [1.165, 1.54) is 17.8 Å². The zero-order chi connectivity index (χ0) is 15.5. The summed E-state index contributed by atoms with van der Waals surface area (Å²) in [5.41, 5.74) is 0.158. The van der Waals surface area contributed by atoms with Crippen molar-refractivity contribution in [1.82, 2.24) is 0 Å². The molecule has 1 aromatic carbocycles. The molecule has 0 unspecified atom stereocenters. The summed E-state index contributed by atoms with van der Waals surface area (Å²) in [5.74, 6) is -0.0716. The van der Waals surface area contributed by atoms with Crippen LogP contribution in [0.5, 0.6) is 0 Å². The highest BCUT2D eigenvalue weighted by molar-refractivity contribution is 7.99. The molecule has 0 bridgehead atoms. The molecule has 0 saturated carbocycles. The molecule has 0 radical (unpaired) electrons. The molecule has 1 heterocycles. The van der Waals surface area contributed by atoms with E-state index in [2.05, 4.69) is 5.32 Å². The molecule has 1 aromatic rings. The number of amides is 1. The van der Waals surface area contributed by atoms with Gasteiger partial charge >= 0.3 is 6.18 Å². The Balaban J connectivity index is 2.32. The first kappa shape index (κ1) is 16.0. The lowest BCUT2D eigenvalue weighted by molar-refractivity contribution is -0.137. The van der Waals surface area contributed by atoms with Crippen LogP contribution in [0.15, 0.2) is 18.2 Å². The smallest absolute Gasteiger partial charge is 0.370 e. The van der Waals surface area contributed by atoms with Crippen molar-refractivity contribution in [2.45, 2.75) is 19.0 Å². The largest absolute Gasteiger partial charge is 0.416 e. The van der Waals surface area contributed by atoms with Gasteiger partial charge in [-0.3, -0.25) is 4.79 Å². The van der Waals surface area contributed by atoms with Crippen LogP contribution >= 0.6 is 11.8 Å². The number of alkyl halides is 3. The Morgan fingerprint density at radius 3 is 2.57 bits per heavy atom. The minimum Gasteiger partial charge on any atom is -0.370 e. The minimum absolute atomic E-state index is 0.218. The molecule has 1 amide bonds. The van der Waals surface area contributed by atoms with E-state index < -0.39 is 11.7 Å². The van der Waals surface area contributed by atoms with Crippen LogP contribution in [0.2, 0.25) is 0 Å². The number of carbonyl (C=O) groups excluding carboxylic acids is 1. The van der Waals surface area contributed by atoms with Crippen LogP contribution in [0.4, 0.5) is 24.5 Å². The zero-order valence-electron chi connectivity index (χ0n) is 11.7. The Hall–Kier alpha value is -1.37. The summed E-state index contributed by atoms with van der Waals surface area (Å²) in [5, 5.41) is 2.60. The maximum absolute atomic E-state index is 12.8. The van der Waals surface area contributed by atoms with Crippen molar-refractivity contribution in [2.24, 2.45) is 0 Å². The predicted octanol–water partition coefficient (Wildman–Crippen LogP) is 3.61. The SMILES string of the molecule is CSCC(=O)Nc1cc(C(F)(F)F)ccc1N1CCCC1. The second-order valence-corrected chi connectivity index (χ2v) is 5.77. The number of thioether (sulfide) groups is 1. The Morgan fingerprint density at radius 1 is 1.33 bits per heavy atom. The van der Waals surface area contributed by atoms with Crippen molar-refractivity contribution in [1.29, 1.82) is 0 Å². The second-order valence-electron chi connectivity index (χ2n) is 4.91. The quantitative estimate of drug-likeness (QED) is 0.920. The highest BCUT2D eigenvalue weighted by atomic mass is 32.2. The number of carbonyl (C=O) groups is 1. The topological polar surface area (TPSA) is 32.3 Å². The van der Waals surface area contributed by atoms with Crippen molar-refractivity contribution < 1.29 is 18.0 Å². The first-order chi connectivity index (χ1) is 9.91. The molecule has 0 aromatic heterocycles. The van der Waals surface area contributed by atoms with Gasteiger partial charge in [0.15, 0.2) is 0 Å². The first-order valence-corrected chi connectivity index (χ1v) is 8.06. The number of benzene rings is 1. The summed E-state index contributed by atoms with van der Waals surface area (Å²) < 4.78 is 38.5. The standard InChI is InChI=1S/C14H17F3N2OS/c1-21-9-13(20)18-11-8-10(14(15,16)17)4-5-12(11)19-6-2-3-7-19/h4-5,8H,2-3,6-7,9H2,1H3,(H,18,20). The molecule has 0 spiro atoms. The van der Waals surface area contributed by atoms with Gasteiger partial charge in [-0.25, -0.2) is 0 Å². The summed E-state index contributed by atoms with van der Waals surface area (Å²) in [4.78, 5) is 13.7. The highest BCUT2D eigenvalue weighted by Crippen LogP contribution is 2.36. The van der Waals surface area contributed by atoms with Crippen LogP contribution in [0.25, 0.3) is 0 Å². The minimum atomic E-state index is -4.41. The molecular weight excluding hydrogens is 301 g/mol. The average molecular weight is 318 g/mol. The Labute approximate surface area is 125 Å². The van der Waals surface area contributed by atoms with E-state index in [9.17, 15) is 18.0 Å². The van der Waals surface area contributed by atoms with Crippen LogP contribution in [-0.4, -0.2) is 31.0 Å². The van der Waals surface area contributed by atoms with E-state index in [4.69, 9.17) is 0 Å². The number of rotatable bonds is 4.